The van der Waals surface area contributed by atoms with Crippen molar-refractivity contribution in [3.8, 4) is 0 Å². The molecule has 0 bridgehead atoms. The van der Waals surface area contributed by atoms with Gasteiger partial charge in [0.25, 0.3) is 5.95 Å². The van der Waals surface area contributed by atoms with E-state index in [0.29, 0.717) is 18.8 Å². The largest absolute Gasteiger partial charge is 0.367 e. The van der Waals surface area contributed by atoms with Gasteiger partial charge in [-0.15, -0.1) is 5.10 Å². The van der Waals surface area contributed by atoms with Crippen LogP contribution in [0.4, 0.5) is 20.8 Å². The number of tetrazole rings is 1. The Morgan fingerprint density at radius 3 is 2.88 bits per heavy atom. The molecule has 1 fully saturated rings. The molecule has 1 atom stereocenters. The number of nitrogens with zero attached hydrogens (tertiary/aromatic N) is 5. The second-order valence-corrected chi connectivity index (χ2v) is 6.01. The summed E-state index contributed by atoms with van der Waals surface area (Å²) in [5.74, 6) is -0.0951. The highest BCUT2D eigenvalue weighted by atomic mass is 19.1. The van der Waals surface area contributed by atoms with E-state index in [2.05, 4.69) is 26.0 Å². The van der Waals surface area contributed by atoms with Crippen LogP contribution in [0.3, 0.4) is 0 Å². The van der Waals surface area contributed by atoms with Crippen LogP contribution in [0.5, 0.6) is 0 Å². The average Bonchev–Trinajstić information content (AvgIpc) is 3.17. The maximum Gasteiger partial charge on any atom is 0.321 e. The van der Waals surface area contributed by atoms with Gasteiger partial charge in [-0.3, -0.25) is 5.32 Å². The van der Waals surface area contributed by atoms with Gasteiger partial charge in [0.1, 0.15) is 5.82 Å². The minimum Gasteiger partial charge on any atom is -0.367 e. The number of hydrogen-bond acceptors (Lipinski definition) is 5. The lowest BCUT2D eigenvalue weighted by molar-refractivity contribution is 0.249. The molecule has 0 radical (unpaired) electrons. The molecule has 2 aromatic rings. The summed E-state index contributed by atoms with van der Waals surface area (Å²) in [7, 11) is 0. The minimum atomic E-state index is -0.390. The Balaban J connectivity index is 1.53. The quantitative estimate of drug-likeness (QED) is 0.891. The Kier molecular flexibility index (Phi) is 4.59. The molecule has 1 unspecified atom stereocenters. The highest BCUT2D eigenvalue weighted by Crippen LogP contribution is 2.23. The Hall–Kier alpha value is -2.71. The van der Waals surface area contributed by atoms with Gasteiger partial charge < -0.3 is 10.2 Å². The van der Waals surface area contributed by atoms with Gasteiger partial charge >= 0.3 is 6.03 Å². The maximum absolute atomic E-state index is 13.8. The molecule has 128 valence electrons. The second-order valence-electron chi connectivity index (χ2n) is 6.01. The first-order valence-corrected chi connectivity index (χ1v) is 7.89. The monoisotopic (exact) mass is 333 g/mol. The highest BCUT2D eigenvalue weighted by molar-refractivity contribution is 5.87. The van der Waals surface area contributed by atoms with Crippen molar-refractivity contribution in [1.82, 2.24) is 25.5 Å². The topological polar surface area (TPSA) is 88.0 Å². The molecule has 9 heteroatoms. The number of nitrogens with one attached hydrogen (secondary N) is 2. The van der Waals surface area contributed by atoms with Gasteiger partial charge in [0, 0.05) is 19.1 Å². The Morgan fingerprint density at radius 2 is 2.17 bits per heavy atom. The summed E-state index contributed by atoms with van der Waals surface area (Å²) >= 11 is 0. The van der Waals surface area contributed by atoms with E-state index in [1.165, 1.54) is 10.9 Å². The lowest BCUT2D eigenvalue weighted by Crippen LogP contribution is -2.40. The summed E-state index contributed by atoms with van der Waals surface area (Å²) in [6.07, 6.45) is 0.744. The molecule has 2 N–H and O–H groups in total. The zero-order valence-electron chi connectivity index (χ0n) is 13.6. The number of anilines is 2. The van der Waals surface area contributed by atoms with E-state index < -0.39 is 6.03 Å². The van der Waals surface area contributed by atoms with E-state index in [9.17, 15) is 9.18 Å². The van der Waals surface area contributed by atoms with Gasteiger partial charge in [0.05, 0.1) is 11.7 Å². The van der Waals surface area contributed by atoms with Crippen molar-refractivity contribution >= 4 is 17.7 Å². The average molecular weight is 333 g/mol. The first kappa shape index (κ1) is 16.2. The van der Waals surface area contributed by atoms with Gasteiger partial charge in [0.2, 0.25) is 0 Å². The molecule has 2 amide bonds. The molecule has 0 aliphatic carbocycles. The molecule has 1 saturated heterocycles. The number of carbonyl (C=O) groups is 1. The number of amides is 2. The summed E-state index contributed by atoms with van der Waals surface area (Å²) in [5.41, 5.74) is 0.559. The van der Waals surface area contributed by atoms with Crippen LogP contribution in [-0.4, -0.2) is 45.4 Å². The number of hydrogen-bond donors (Lipinski definition) is 2. The first-order valence-electron chi connectivity index (χ1n) is 7.89. The summed E-state index contributed by atoms with van der Waals surface area (Å²) < 4.78 is 13.8. The van der Waals surface area contributed by atoms with Crippen LogP contribution in [0.25, 0.3) is 0 Å². The summed E-state index contributed by atoms with van der Waals surface area (Å²) in [5, 5.41) is 17.1. The molecular formula is C15H20FN7O. The second kappa shape index (κ2) is 6.81. The standard InChI is InChI=1S/C15H20FN7O/c1-10(2)23-20-14(19-21-23)18-15(24)17-11-7-8-22(9-11)13-6-4-3-5-12(13)16/h3-6,10-11H,7-9H2,1-2H3,(H2,17,18,20,24). The van der Waals surface area contributed by atoms with E-state index in [1.807, 2.05) is 18.7 Å². The van der Waals surface area contributed by atoms with Crippen molar-refractivity contribution in [3.63, 3.8) is 0 Å². The lowest BCUT2D eigenvalue weighted by atomic mass is 10.2. The number of urea groups is 1. The number of para-hydroxylation sites is 1. The van der Waals surface area contributed by atoms with Crippen LogP contribution in [0.2, 0.25) is 0 Å². The van der Waals surface area contributed by atoms with E-state index in [0.717, 1.165) is 6.42 Å². The van der Waals surface area contributed by atoms with E-state index in [4.69, 9.17) is 0 Å². The number of halogens is 1. The highest BCUT2D eigenvalue weighted by Gasteiger charge is 2.25. The maximum atomic E-state index is 13.8. The van der Waals surface area contributed by atoms with Gasteiger partial charge in [-0.2, -0.15) is 4.80 Å². The molecule has 0 saturated carbocycles. The third-order valence-corrected chi connectivity index (χ3v) is 3.83. The fourth-order valence-electron chi connectivity index (χ4n) is 2.62. The van der Waals surface area contributed by atoms with Crippen LogP contribution in [0.15, 0.2) is 24.3 Å². The van der Waals surface area contributed by atoms with E-state index in [-0.39, 0.29) is 23.8 Å². The van der Waals surface area contributed by atoms with Crippen LogP contribution in [0.1, 0.15) is 26.3 Å². The van der Waals surface area contributed by atoms with Crippen molar-refractivity contribution in [2.75, 3.05) is 23.3 Å². The smallest absolute Gasteiger partial charge is 0.321 e. The molecule has 0 spiro atoms. The first-order chi connectivity index (χ1) is 11.5. The molecule has 24 heavy (non-hydrogen) atoms. The summed E-state index contributed by atoms with van der Waals surface area (Å²) in [4.78, 5) is 15.4. The van der Waals surface area contributed by atoms with Crippen LogP contribution < -0.4 is 15.5 Å². The molecule has 1 aliphatic rings. The van der Waals surface area contributed by atoms with Crippen LogP contribution in [0, 0.1) is 5.82 Å². The van der Waals surface area contributed by atoms with Gasteiger partial charge in [0.15, 0.2) is 0 Å². The van der Waals surface area contributed by atoms with Crippen molar-refractivity contribution in [2.45, 2.75) is 32.4 Å². The molecule has 1 aromatic heterocycles. The van der Waals surface area contributed by atoms with Crippen molar-refractivity contribution < 1.29 is 9.18 Å². The molecule has 1 aliphatic heterocycles. The molecule has 2 heterocycles. The molecule has 1 aromatic carbocycles. The van der Waals surface area contributed by atoms with Gasteiger partial charge in [-0.05, 0) is 37.6 Å². The Labute approximate surface area is 139 Å². The lowest BCUT2D eigenvalue weighted by Gasteiger charge is -2.19. The number of aromatic nitrogens is 4. The zero-order chi connectivity index (χ0) is 17.1. The van der Waals surface area contributed by atoms with Crippen molar-refractivity contribution in [3.05, 3.63) is 30.1 Å². The van der Waals surface area contributed by atoms with E-state index in [1.54, 1.807) is 18.2 Å². The van der Waals surface area contributed by atoms with Crippen LogP contribution >= 0.6 is 0 Å². The van der Waals surface area contributed by atoms with Gasteiger partial charge in [-0.1, -0.05) is 17.2 Å². The predicted molar refractivity (Wildman–Crippen MR) is 87.4 cm³/mol. The molecular weight excluding hydrogens is 313 g/mol. The van der Waals surface area contributed by atoms with Crippen molar-refractivity contribution in [1.29, 1.82) is 0 Å². The summed E-state index contributed by atoms with van der Waals surface area (Å²) in [6, 6.07) is 6.26. The third kappa shape index (κ3) is 3.61. The van der Waals surface area contributed by atoms with Crippen molar-refractivity contribution in [2.24, 2.45) is 0 Å². The fourth-order valence-corrected chi connectivity index (χ4v) is 2.62. The summed E-state index contributed by atoms with van der Waals surface area (Å²) in [6.45, 7) is 5.08. The molecule has 3 rings (SSSR count). The zero-order valence-corrected chi connectivity index (χ0v) is 13.6. The number of rotatable bonds is 4. The normalized spacial score (nSPS) is 17.3. The SMILES string of the molecule is CC(C)n1nnc(NC(=O)NC2CCN(c3ccccc3F)C2)n1. The number of benzene rings is 1. The Bertz CT molecular complexity index is 717. The molecule has 8 nitrogen and oxygen atoms in total. The fraction of sp³-hybridized carbons (Fsp3) is 0.467. The van der Waals surface area contributed by atoms with Gasteiger partial charge in [-0.25, -0.2) is 9.18 Å². The predicted octanol–water partition coefficient (Wildman–Crippen LogP) is 1.79. The minimum absolute atomic E-state index is 0.0650. The third-order valence-electron chi connectivity index (χ3n) is 3.83. The van der Waals surface area contributed by atoms with Crippen LogP contribution in [-0.2, 0) is 0 Å². The van der Waals surface area contributed by atoms with E-state index >= 15 is 0 Å². The number of carbonyl (C=O) groups excluding carboxylic acids is 1. The Morgan fingerprint density at radius 1 is 1.38 bits per heavy atom.